The van der Waals surface area contributed by atoms with Crippen molar-refractivity contribution in [2.45, 2.75) is 12.4 Å². The molecular weight excluding hydrogens is 232 g/mol. The summed E-state index contributed by atoms with van der Waals surface area (Å²) in [4.78, 5) is 6.20. The number of aryl methyl sites for hydroxylation is 1. The van der Waals surface area contributed by atoms with Crippen LogP contribution < -0.4 is 4.90 Å². The molecule has 1 aromatic rings. The fourth-order valence-electron chi connectivity index (χ4n) is 1.35. The largest absolute Gasteiger partial charge is 0.283 e. The van der Waals surface area contributed by atoms with E-state index in [0.717, 1.165) is 11.5 Å². The Kier molecular flexibility index (Phi) is 3.02. The van der Waals surface area contributed by atoms with Crippen LogP contribution >= 0.6 is 23.4 Å². The van der Waals surface area contributed by atoms with E-state index in [1.54, 1.807) is 24.1 Å². The van der Waals surface area contributed by atoms with Gasteiger partial charge in [-0.2, -0.15) is 5.10 Å². The van der Waals surface area contributed by atoms with Crippen LogP contribution in [0.15, 0.2) is 22.3 Å². The van der Waals surface area contributed by atoms with Crippen molar-refractivity contribution >= 4 is 35.4 Å². The van der Waals surface area contributed by atoms with Gasteiger partial charge >= 0.3 is 0 Å². The smallest absolute Gasteiger partial charge is 0.174 e. The summed E-state index contributed by atoms with van der Waals surface area (Å²) in [6, 6.07) is 1.94. The summed E-state index contributed by atoms with van der Waals surface area (Å²) in [5.41, 5.74) is 0.967. The second-order valence-corrected chi connectivity index (χ2v) is 4.41. The predicted octanol–water partition coefficient (Wildman–Crippen LogP) is 2.34. The Hall–Kier alpha value is -0.940. The number of thioether (sulfide) groups is 1. The lowest BCUT2D eigenvalue weighted by Crippen LogP contribution is -2.31. The Morgan fingerprint density at radius 2 is 2.40 bits per heavy atom. The van der Waals surface area contributed by atoms with E-state index in [1.807, 2.05) is 24.1 Å². The van der Waals surface area contributed by atoms with Crippen LogP contribution in [0.3, 0.4) is 0 Å². The monoisotopic (exact) mass is 242 g/mol. The fraction of sp³-hybridized carbons (Fsp3) is 0.333. The molecule has 15 heavy (non-hydrogen) atoms. The van der Waals surface area contributed by atoms with Crippen LogP contribution in [0, 0.1) is 6.92 Å². The molecule has 1 atom stereocenters. The minimum Gasteiger partial charge on any atom is -0.283 e. The molecule has 1 aliphatic rings. The standard InChI is InChI=1S/C9H11ClN4S/c1-6-5-8(13-12-6)14-7(10)3-4-11-9(14)15-2/h3-5,9H,1-2H3,(H,12,13). The van der Waals surface area contributed by atoms with E-state index in [-0.39, 0.29) is 5.50 Å². The number of allylic oxidation sites excluding steroid dienone is 1. The molecule has 2 heterocycles. The molecule has 0 aliphatic carbocycles. The molecule has 4 nitrogen and oxygen atoms in total. The number of rotatable bonds is 2. The number of H-pyrrole nitrogens is 1. The third kappa shape index (κ3) is 2.03. The highest BCUT2D eigenvalue weighted by atomic mass is 35.5. The van der Waals surface area contributed by atoms with Crippen molar-refractivity contribution in [3.05, 3.63) is 23.0 Å². The van der Waals surface area contributed by atoms with Gasteiger partial charge in [-0.25, -0.2) is 0 Å². The fourth-order valence-corrected chi connectivity index (χ4v) is 2.26. The van der Waals surface area contributed by atoms with E-state index in [0.29, 0.717) is 5.16 Å². The molecule has 80 valence electrons. The lowest BCUT2D eigenvalue weighted by atomic mass is 10.4. The van der Waals surface area contributed by atoms with E-state index in [1.165, 1.54) is 0 Å². The van der Waals surface area contributed by atoms with Crippen LogP contribution in [-0.4, -0.2) is 28.2 Å². The van der Waals surface area contributed by atoms with Crippen molar-refractivity contribution in [2.24, 2.45) is 4.99 Å². The molecule has 0 radical (unpaired) electrons. The van der Waals surface area contributed by atoms with Crippen molar-refractivity contribution < 1.29 is 0 Å². The minimum atomic E-state index is -0.0369. The maximum Gasteiger partial charge on any atom is 0.174 e. The molecule has 2 rings (SSSR count). The third-order valence-electron chi connectivity index (χ3n) is 2.03. The van der Waals surface area contributed by atoms with Gasteiger partial charge in [-0.05, 0) is 19.3 Å². The number of nitrogens with one attached hydrogen (secondary N) is 1. The number of nitrogens with zero attached hydrogens (tertiary/aromatic N) is 3. The Morgan fingerprint density at radius 1 is 1.60 bits per heavy atom. The van der Waals surface area contributed by atoms with Gasteiger partial charge in [0.15, 0.2) is 11.3 Å². The maximum absolute atomic E-state index is 6.13. The highest BCUT2D eigenvalue weighted by molar-refractivity contribution is 7.99. The first-order chi connectivity index (χ1) is 7.22. The minimum absolute atomic E-state index is 0.0369. The maximum atomic E-state index is 6.13. The van der Waals surface area contributed by atoms with Crippen molar-refractivity contribution in [3.8, 4) is 0 Å². The summed E-state index contributed by atoms with van der Waals surface area (Å²) < 4.78 is 0. The SMILES string of the molecule is CSC1N=CC=C(Cl)N1c1cc(C)[nH]n1. The quantitative estimate of drug-likeness (QED) is 0.810. The zero-order valence-corrected chi connectivity index (χ0v) is 10.0. The number of hydrogen-bond acceptors (Lipinski definition) is 4. The molecule has 0 bridgehead atoms. The normalized spacial score (nSPS) is 20.6. The first-order valence-corrected chi connectivity index (χ1v) is 6.12. The first-order valence-electron chi connectivity index (χ1n) is 4.45. The molecule has 0 amide bonds. The van der Waals surface area contributed by atoms with Crippen LogP contribution in [0.25, 0.3) is 0 Å². The molecule has 1 unspecified atom stereocenters. The van der Waals surface area contributed by atoms with Gasteiger partial charge in [0.1, 0.15) is 5.16 Å². The summed E-state index contributed by atoms with van der Waals surface area (Å²) in [7, 11) is 0. The predicted molar refractivity (Wildman–Crippen MR) is 65.5 cm³/mol. The number of halogens is 1. The van der Waals surface area contributed by atoms with Gasteiger partial charge in [0, 0.05) is 18.0 Å². The lowest BCUT2D eigenvalue weighted by molar-refractivity contribution is 0.867. The van der Waals surface area contributed by atoms with Crippen molar-refractivity contribution in [3.63, 3.8) is 0 Å². The van der Waals surface area contributed by atoms with Crippen LogP contribution in [0.1, 0.15) is 5.69 Å². The van der Waals surface area contributed by atoms with Crippen molar-refractivity contribution in [2.75, 3.05) is 11.2 Å². The van der Waals surface area contributed by atoms with Gasteiger partial charge in [-0.15, -0.1) is 11.8 Å². The molecule has 0 aromatic carbocycles. The molecule has 0 saturated heterocycles. The lowest BCUT2D eigenvalue weighted by Gasteiger charge is -2.28. The van der Waals surface area contributed by atoms with E-state index in [4.69, 9.17) is 11.6 Å². The number of aromatic amines is 1. The summed E-state index contributed by atoms with van der Waals surface area (Å²) in [5.74, 6) is 0.796. The molecule has 1 N–H and O–H groups in total. The van der Waals surface area contributed by atoms with Crippen molar-refractivity contribution in [1.82, 2.24) is 10.2 Å². The molecular formula is C9H11ClN4S. The number of hydrogen-bond donors (Lipinski definition) is 1. The zero-order chi connectivity index (χ0) is 10.8. The van der Waals surface area contributed by atoms with E-state index in [9.17, 15) is 0 Å². The van der Waals surface area contributed by atoms with Crippen LogP contribution in [0.4, 0.5) is 5.82 Å². The van der Waals surface area contributed by atoms with Gasteiger partial charge in [0.25, 0.3) is 0 Å². The summed E-state index contributed by atoms with van der Waals surface area (Å²) in [5, 5.41) is 7.70. The number of anilines is 1. The third-order valence-corrected chi connectivity index (χ3v) is 3.09. The van der Waals surface area contributed by atoms with Gasteiger partial charge in [-0.1, -0.05) is 11.6 Å². The summed E-state index contributed by atoms with van der Waals surface area (Å²) >= 11 is 7.74. The highest BCUT2D eigenvalue weighted by Gasteiger charge is 2.23. The highest BCUT2D eigenvalue weighted by Crippen LogP contribution is 2.29. The van der Waals surface area contributed by atoms with Crippen molar-refractivity contribution in [1.29, 1.82) is 0 Å². The second kappa shape index (κ2) is 4.28. The Morgan fingerprint density at radius 3 is 3.00 bits per heavy atom. The molecule has 1 aromatic heterocycles. The van der Waals surface area contributed by atoms with E-state index in [2.05, 4.69) is 15.2 Å². The molecule has 0 spiro atoms. The summed E-state index contributed by atoms with van der Waals surface area (Å²) in [6.45, 7) is 1.95. The van der Waals surface area contributed by atoms with Crippen LogP contribution in [-0.2, 0) is 0 Å². The Balaban J connectivity index is 2.33. The van der Waals surface area contributed by atoms with Gasteiger partial charge in [0.2, 0.25) is 0 Å². The number of aliphatic imine (C=N–C) groups is 1. The molecule has 0 fully saturated rings. The van der Waals surface area contributed by atoms with Crippen LogP contribution in [0.5, 0.6) is 0 Å². The zero-order valence-electron chi connectivity index (χ0n) is 8.44. The van der Waals surface area contributed by atoms with E-state index < -0.39 is 0 Å². The van der Waals surface area contributed by atoms with Crippen LogP contribution in [0.2, 0.25) is 0 Å². The second-order valence-electron chi connectivity index (χ2n) is 3.13. The molecule has 1 aliphatic heterocycles. The Bertz CT molecular complexity index is 412. The Labute approximate surface area is 97.4 Å². The van der Waals surface area contributed by atoms with Gasteiger partial charge < -0.3 is 0 Å². The topological polar surface area (TPSA) is 44.3 Å². The average Bonchev–Trinajstić information content (AvgIpc) is 2.64. The van der Waals surface area contributed by atoms with Gasteiger partial charge in [-0.3, -0.25) is 15.0 Å². The molecule has 0 saturated carbocycles. The van der Waals surface area contributed by atoms with E-state index >= 15 is 0 Å². The van der Waals surface area contributed by atoms with Gasteiger partial charge in [0.05, 0.1) is 0 Å². The average molecular weight is 243 g/mol. The molecule has 6 heteroatoms. The first kappa shape index (κ1) is 10.6. The number of aromatic nitrogens is 2. The summed E-state index contributed by atoms with van der Waals surface area (Å²) in [6.07, 6.45) is 5.47.